The van der Waals surface area contributed by atoms with Gasteiger partial charge in [0.2, 0.25) is 0 Å². The third kappa shape index (κ3) is 4.24. The number of nitrogens with zero attached hydrogens (tertiary/aromatic N) is 3. The fourth-order valence-electron chi connectivity index (χ4n) is 5.23. The van der Waals surface area contributed by atoms with Crippen LogP contribution in [0.4, 0.5) is 5.82 Å². The summed E-state index contributed by atoms with van der Waals surface area (Å²) < 4.78 is 0. The number of rotatable bonds is 6. The second-order valence-electron chi connectivity index (χ2n) is 9.85. The Labute approximate surface area is 197 Å². The summed E-state index contributed by atoms with van der Waals surface area (Å²) >= 11 is 1.25. The molecule has 2 aromatic rings. The summed E-state index contributed by atoms with van der Waals surface area (Å²) in [5, 5.41) is 16.1. The van der Waals surface area contributed by atoms with Crippen LogP contribution < -0.4 is 10.6 Å². The molecule has 2 saturated heterocycles. The molecule has 3 aliphatic rings. The van der Waals surface area contributed by atoms with E-state index in [-0.39, 0.29) is 47.1 Å². The molecule has 176 valence electrons. The number of amides is 2. The molecule has 1 aliphatic carbocycles. The van der Waals surface area contributed by atoms with Crippen molar-refractivity contribution in [2.24, 2.45) is 0 Å². The average molecular weight is 470 g/mol. The Morgan fingerprint density at radius 2 is 1.85 bits per heavy atom. The van der Waals surface area contributed by atoms with Crippen molar-refractivity contribution in [2.45, 2.75) is 89.6 Å². The molecule has 0 spiro atoms. The molecule has 3 N–H and O–H groups in total. The van der Waals surface area contributed by atoms with Gasteiger partial charge in [-0.2, -0.15) is 0 Å². The van der Waals surface area contributed by atoms with E-state index >= 15 is 0 Å². The van der Waals surface area contributed by atoms with Gasteiger partial charge in [0.1, 0.15) is 11.5 Å². The molecule has 1 saturated carbocycles. The van der Waals surface area contributed by atoms with Crippen LogP contribution >= 0.6 is 11.3 Å². The number of fused-ring (bicyclic) bond motifs is 2. The first-order valence-electron chi connectivity index (χ1n) is 11.9. The fourth-order valence-corrected chi connectivity index (χ4v) is 6.27. The SMILES string of the molecule is Cc1cc(NC(C)C)ncc1-c1sc(C(=O)N[C@H]2C[C@H](O)C2)nc1C(=O)N1C2CCC1CC2. The van der Waals surface area contributed by atoms with Gasteiger partial charge < -0.3 is 20.6 Å². The smallest absolute Gasteiger partial charge is 0.280 e. The highest BCUT2D eigenvalue weighted by atomic mass is 32.1. The molecule has 5 rings (SSSR count). The van der Waals surface area contributed by atoms with Gasteiger partial charge in [0.15, 0.2) is 5.01 Å². The van der Waals surface area contributed by atoms with Crippen molar-refractivity contribution in [1.29, 1.82) is 0 Å². The molecular weight excluding hydrogens is 438 g/mol. The minimum Gasteiger partial charge on any atom is -0.393 e. The van der Waals surface area contributed by atoms with Gasteiger partial charge in [-0.25, -0.2) is 9.97 Å². The summed E-state index contributed by atoms with van der Waals surface area (Å²) in [5.41, 5.74) is 2.16. The van der Waals surface area contributed by atoms with Crippen molar-refractivity contribution in [3.8, 4) is 10.4 Å². The molecule has 0 radical (unpaired) electrons. The van der Waals surface area contributed by atoms with Crippen LogP contribution in [0.3, 0.4) is 0 Å². The van der Waals surface area contributed by atoms with E-state index in [9.17, 15) is 14.7 Å². The largest absolute Gasteiger partial charge is 0.393 e. The highest BCUT2D eigenvalue weighted by molar-refractivity contribution is 7.17. The van der Waals surface area contributed by atoms with Crippen LogP contribution in [-0.2, 0) is 0 Å². The Hall–Kier alpha value is -2.52. The number of nitrogens with one attached hydrogen (secondary N) is 2. The normalized spacial score (nSPS) is 25.9. The van der Waals surface area contributed by atoms with Crippen LogP contribution in [-0.4, -0.2) is 62.1 Å². The Morgan fingerprint density at radius 1 is 1.18 bits per heavy atom. The number of aromatic nitrogens is 2. The molecule has 2 aliphatic heterocycles. The third-order valence-corrected chi connectivity index (χ3v) is 8.04. The molecule has 2 aromatic heterocycles. The summed E-state index contributed by atoms with van der Waals surface area (Å²) in [6.07, 6.45) is 6.71. The zero-order valence-corrected chi connectivity index (χ0v) is 20.1. The number of carbonyl (C=O) groups excluding carboxylic acids is 2. The molecule has 33 heavy (non-hydrogen) atoms. The maximum absolute atomic E-state index is 13.7. The van der Waals surface area contributed by atoms with Gasteiger partial charge in [0, 0.05) is 35.9 Å². The third-order valence-electron chi connectivity index (χ3n) is 6.95. The van der Waals surface area contributed by atoms with E-state index in [1.165, 1.54) is 11.3 Å². The number of hydrogen-bond donors (Lipinski definition) is 3. The summed E-state index contributed by atoms with van der Waals surface area (Å²) in [6, 6.07) is 2.75. The molecule has 0 atom stereocenters. The lowest BCUT2D eigenvalue weighted by Gasteiger charge is -2.31. The molecule has 3 fully saturated rings. The van der Waals surface area contributed by atoms with E-state index in [1.807, 2.05) is 17.9 Å². The Bertz CT molecular complexity index is 1060. The number of aryl methyl sites for hydroxylation is 1. The molecule has 0 aromatic carbocycles. The minimum absolute atomic E-state index is 0.0433. The molecular formula is C24H31N5O3S. The predicted molar refractivity (Wildman–Crippen MR) is 128 cm³/mol. The lowest BCUT2D eigenvalue weighted by atomic mass is 9.89. The number of carbonyl (C=O) groups is 2. The van der Waals surface area contributed by atoms with Gasteiger partial charge >= 0.3 is 0 Å². The topological polar surface area (TPSA) is 107 Å². The lowest BCUT2D eigenvalue weighted by molar-refractivity contribution is 0.0562. The van der Waals surface area contributed by atoms with Crippen LogP contribution in [0.25, 0.3) is 10.4 Å². The van der Waals surface area contributed by atoms with Crippen molar-refractivity contribution in [3.63, 3.8) is 0 Å². The zero-order valence-electron chi connectivity index (χ0n) is 19.3. The van der Waals surface area contributed by atoms with E-state index < -0.39 is 0 Å². The van der Waals surface area contributed by atoms with Gasteiger partial charge in [-0.1, -0.05) is 0 Å². The van der Waals surface area contributed by atoms with Gasteiger partial charge in [-0.05, 0) is 70.9 Å². The highest BCUT2D eigenvalue weighted by Gasteiger charge is 2.44. The first kappa shape index (κ1) is 22.3. The monoisotopic (exact) mass is 469 g/mol. The van der Waals surface area contributed by atoms with Gasteiger partial charge in [0.05, 0.1) is 11.0 Å². The Kier molecular flexibility index (Phi) is 5.86. The van der Waals surface area contributed by atoms with E-state index in [0.717, 1.165) is 42.6 Å². The second kappa shape index (κ2) is 8.68. The molecule has 9 heteroatoms. The van der Waals surface area contributed by atoms with Gasteiger partial charge in [0.25, 0.3) is 11.8 Å². The average Bonchev–Trinajstić information content (AvgIpc) is 3.46. The van der Waals surface area contributed by atoms with Crippen LogP contribution in [0, 0.1) is 6.92 Å². The summed E-state index contributed by atoms with van der Waals surface area (Å²) in [7, 11) is 0. The van der Waals surface area contributed by atoms with E-state index in [4.69, 9.17) is 0 Å². The van der Waals surface area contributed by atoms with Crippen molar-refractivity contribution < 1.29 is 14.7 Å². The quantitative estimate of drug-likeness (QED) is 0.599. The van der Waals surface area contributed by atoms with E-state index in [2.05, 4.69) is 34.4 Å². The number of pyridine rings is 1. The summed E-state index contributed by atoms with van der Waals surface area (Å²) in [4.78, 5) is 38.4. The van der Waals surface area contributed by atoms with Crippen molar-refractivity contribution >= 4 is 29.0 Å². The maximum Gasteiger partial charge on any atom is 0.280 e. The van der Waals surface area contributed by atoms with Crippen molar-refractivity contribution in [1.82, 2.24) is 20.2 Å². The van der Waals surface area contributed by atoms with Crippen molar-refractivity contribution in [3.05, 3.63) is 28.5 Å². The number of hydrogen-bond acceptors (Lipinski definition) is 7. The van der Waals surface area contributed by atoms with Crippen LogP contribution in [0.15, 0.2) is 12.3 Å². The lowest BCUT2D eigenvalue weighted by Crippen LogP contribution is -2.46. The molecule has 2 amide bonds. The molecule has 4 heterocycles. The first-order chi connectivity index (χ1) is 15.8. The summed E-state index contributed by atoms with van der Waals surface area (Å²) in [5.74, 6) is 0.418. The Balaban J connectivity index is 1.49. The first-order valence-corrected chi connectivity index (χ1v) is 12.7. The van der Waals surface area contributed by atoms with Crippen LogP contribution in [0.5, 0.6) is 0 Å². The van der Waals surface area contributed by atoms with Crippen molar-refractivity contribution in [2.75, 3.05) is 5.32 Å². The van der Waals surface area contributed by atoms with Gasteiger partial charge in [-0.15, -0.1) is 11.3 Å². The zero-order chi connectivity index (χ0) is 23.3. The minimum atomic E-state index is -0.350. The fraction of sp³-hybridized carbons (Fsp3) is 0.583. The second-order valence-corrected chi connectivity index (χ2v) is 10.8. The van der Waals surface area contributed by atoms with E-state index in [1.54, 1.807) is 6.20 Å². The predicted octanol–water partition coefficient (Wildman–Crippen LogP) is 3.35. The van der Waals surface area contributed by atoms with Crippen LogP contribution in [0.2, 0.25) is 0 Å². The number of anilines is 1. The number of aliphatic hydroxyl groups excluding tert-OH is 1. The standard InChI is InChI=1S/C24H31N5O3S/c1-12(2)26-19-8-13(3)18(11-25-19)21-20(24(32)29-15-4-5-16(29)7-6-15)28-23(33-21)22(31)27-14-9-17(30)10-14/h8,11-12,14-17,30H,4-7,9-10H2,1-3H3,(H,25,26)(H,27,31)/t14-,15?,16?,17-. The maximum atomic E-state index is 13.7. The number of thiazole rings is 1. The number of aliphatic hydroxyl groups is 1. The van der Waals surface area contributed by atoms with Crippen LogP contribution in [0.1, 0.15) is 78.2 Å². The molecule has 8 nitrogen and oxygen atoms in total. The molecule has 0 unspecified atom stereocenters. The van der Waals surface area contributed by atoms with E-state index in [0.29, 0.717) is 23.4 Å². The Morgan fingerprint density at radius 3 is 2.42 bits per heavy atom. The van der Waals surface area contributed by atoms with Gasteiger partial charge in [-0.3, -0.25) is 9.59 Å². The molecule has 2 bridgehead atoms. The highest BCUT2D eigenvalue weighted by Crippen LogP contribution is 2.41. The summed E-state index contributed by atoms with van der Waals surface area (Å²) in [6.45, 7) is 6.11.